The summed E-state index contributed by atoms with van der Waals surface area (Å²) in [4.78, 5) is 25.3. The van der Waals surface area contributed by atoms with Crippen molar-refractivity contribution in [2.45, 2.75) is 6.92 Å². The van der Waals surface area contributed by atoms with Crippen LogP contribution in [0.3, 0.4) is 0 Å². The van der Waals surface area contributed by atoms with Gasteiger partial charge in [0.1, 0.15) is 5.69 Å². The Balaban J connectivity index is 1.87. The number of rotatable bonds is 5. The SMILES string of the molecule is Cc1c(N/C=C/C(=O)c2cccs2)c(=O)n(-c2ccccc2)n1C. The lowest BCUT2D eigenvalue weighted by molar-refractivity contribution is 0.105. The zero-order valence-electron chi connectivity index (χ0n) is 13.4. The van der Waals surface area contributed by atoms with Crippen LogP contribution < -0.4 is 10.9 Å². The maximum absolute atomic E-state index is 12.7. The number of hydrogen-bond donors (Lipinski definition) is 1. The number of carbonyl (C=O) groups excluding carboxylic acids is 1. The Morgan fingerprint density at radius 3 is 2.58 bits per heavy atom. The molecule has 0 saturated carbocycles. The molecule has 0 radical (unpaired) electrons. The molecule has 0 aliphatic heterocycles. The summed E-state index contributed by atoms with van der Waals surface area (Å²) in [6.45, 7) is 1.86. The van der Waals surface area contributed by atoms with E-state index in [0.29, 0.717) is 10.6 Å². The Morgan fingerprint density at radius 2 is 1.92 bits per heavy atom. The van der Waals surface area contributed by atoms with Gasteiger partial charge in [0, 0.05) is 19.3 Å². The fraction of sp³-hybridized carbons (Fsp3) is 0.111. The highest BCUT2D eigenvalue weighted by Crippen LogP contribution is 2.14. The normalized spacial score (nSPS) is 11.1. The van der Waals surface area contributed by atoms with Gasteiger partial charge in [-0.2, -0.15) is 0 Å². The van der Waals surface area contributed by atoms with Crippen molar-refractivity contribution in [1.29, 1.82) is 0 Å². The molecule has 5 nitrogen and oxygen atoms in total. The van der Waals surface area contributed by atoms with E-state index >= 15 is 0 Å². The highest BCUT2D eigenvalue weighted by Gasteiger charge is 2.14. The lowest BCUT2D eigenvalue weighted by Gasteiger charge is -2.07. The van der Waals surface area contributed by atoms with Crippen LogP contribution in [0.1, 0.15) is 15.4 Å². The molecule has 3 rings (SSSR count). The van der Waals surface area contributed by atoms with Gasteiger partial charge in [-0.1, -0.05) is 24.3 Å². The zero-order chi connectivity index (χ0) is 17.1. The Morgan fingerprint density at radius 1 is 1.17 bits per heavy atom. The summed E-state index contributed by atoms with van der Waals surface area (Å²) in [5.74, 6) is -0.0885. The highest BCUT2D eigenvalue weighted by molar-refractivity contribution is 7.12. The number of carbonyl (C=O) groups is 1. The number of benzene rings is 1. The third kappa shape index (κ3) is 2.96. The van der Waals surface area contributed by atoms with E-state index in [9.17, 15) is 9.59 Å². The predicted molar refractivity (Wildman–Crippen MR) is 97.2 cm³/mol. The van der Waals surface area contributed by atoms with Crippen molar-refractivity contribution in [3.8, 4) is 5.69 Å². The molecule has 1 N–H and O–H groups in total. The van der Waals surface area contributed by atoms with Crippen LogP contribution >= 0.6 is 11.3 Å². The van der Waals surface area contributed by atoms with E-state index in [1.54, 1.807) is 15.4 Å². The Hall–Kier alpha value is -2.86. The molecule has 6 heteroatoms. The van der Waals surface area contributed by atoms with E-state index in [-0.39, 0.29) is 11.3 Å². The fourth-order valence-electron chi connectivity index (χ4n) is 2.44. The third-order valence-electron chi connectivity index (χ3n) is 3.78. The van der Waals surface area contributed by atoms with Gasteiger partial charge in [-0.15, -0.1) is 11.3 Å². The minimum absolute atomic E-state index is 0.0885. The Kier molecular flexibility index (Phi) is 4.48. The van der Waals surface area contributed by atoms with E-state index in [2.05, 4.69) is 5.32 Å². The van der Waals surface area contributed by atoms with Crippen molar-refractivity contribution < 1.29 is 4.79 Å². The number of allylic oxidation sites excluding steroid dienone is 1. The maximum atomic E-state index is 12.7. The van der Waals surface area contributed by atoms with Gasteiger partial charge in [-0.3, -0.25) is 14.3 Å². The summed E-state index contributed by atoms with van der Waals surface area (Å²) in [7, 11) is 1.83. The number of thiophene rings is 1. The predicted octanol–water partition coefficient (Wildman–Crippen LogP) is 3.35. The number of anilines is 1. The van der Waals surface area contributed by atoms with Crippen LogP contribution in [-0.2, 0) is 7.05 Å². The van der Waals surface area contributed by atoms with Gasteiger partial charge < -0.3 is 5.32 Å². The molecule has 0 unspecified atom stereocenters. The first-order valence-corrected chi connectivity index (χ1v) is 8.32. The Bertz CT molecular complexity index is 935. The summed E-state index contributed by atoms with van der Waals surface area (Å²) in [6, 6.07) is 13.0. The summed E-state index contributed by atoms with van der Waals surface area (Å²) in [6.07, 6.45) is 2.95. The average Bonchev–Trinajstić information content (AvgIpc) is 3.19. The molecular weight excluding hydrogens is 322 g/mol. The van der Waals surface area contributed by atoms with Crippen LogP contribution in [0.15, 0.2) is 64.9 Å². The second kappa shape index (κ2) is 6.72. The van der Waals surface area contributed by atoms with Crippen molar-refractivity contribution in [3.63, 3.8) is 0 Å². The molecule has 0 aliphatic rings. The van der Waals surface area contributed by atoms with Crippen LogP contribution in [0, 0.1) is 6.92 Å². The van der Waals surface area contributed by atoms with Gasteiger partial charge in [0.05, 0.1) is 16.3 Å². The number of ketones is 1. The zero-order valence-corrected chi connectivity index (χ0v) is 14.2. The number of para-hydroxylation sites is 1. The minimum Gasteiger partial charge on any atom is -0.356 e. The first-order chi connectivity index (χ1) is 11.6. The van der Waals surface area contributed by atoms with Crippen molar-refractivity contribution in [3.05, 3.63) is 81.0 Å². The van der Waals surface area contributed by atoms with Gasteiger partial charge in [0.15, 0.2) is 5.78 Å². The highest BCUT2D eigenvalue weighted by atomic mass is 32.1. The fourth-order valence-corrected chi connectivity index (χ4v) is 3.08. The molecule has 24 heavy (non-hydrogen) atoms. The monoisotopic (exact) mass is 339 g/mol. The van der Waals surface area contributed by atoms with Gasteiger partial charge in [-0.25, -0.2) is 4.68 Å². The topological polar surface area (TPSA) is 56.0 Å². The van der Waals surface area contributed by atoms with Crippen LogP contribution in [0.25, 0.3) is 5.69 Å². The molecule has 0 spiro atoms. The smallest absolute Gasteiger partial charge is 0.295 e. The van der Waals surface area contributed by atoms with Crippen molar-refractivity contribution in [2.24, 2.45) is 7.05 Å². The molecule has 0 amide bonds. The van der Waals surface area contributed by atoms with E-state index in [1.165, 1.54) is 23.6 Å². The van der Waals surface area contributed by atoms with E-state index < -0.39 is 0 Å². The quantitative estimate of drug-likeness (QED) is 0.573. The minimum atomic E-state index is -0.158. The van der Waals surface area contributed by atoms with Gasteiger partial charge in [0.25, 0.3) is 5.56 Å². The van der Waals surface area contributed by atoms with Crippen molar-refractivity contribution in [2.75, 3.05) is 5.32 Å². The van der Waals surface area contributed by atoms with E-state index in [4.69, 9.17) is 0 Å². The van der Waals surface area contributed by atoms with Crippen molar-refractivity contribution >= 4 is 22.8 Å². The molecule has 0 bridgehead atoms. The second-order valence-electron chi connectivity index (χ2n) is 5.26. The molecule has 3 aromatic rings. The molecule has 2 aromatic heterocycles. The second-order valence-corrected chi connectivity index (χ2v) is 6.20. The number of aromatic nitrogens is 2. The van der Waals surface area contributed by atoms with Gasteiger partial charge in [-0.05, 0) is 30.5 Å². The average molecular weight is 339 g/mol. The third-order valence-corrected chi connectivity index (χ3v) is 4.67. The molecule has 1 aromatic carbocycles. The van der Waals surface area contributed by atoms with Crippen LogP contribution in [-0.4, -0.2) is 15.1 Å². The summed E-state index contributed by atoms with van der Waals surface area (Å²) >= 11 is 1.39. The van der Waals surface area contributed by atoms with Gasteiger partial charge in [0.2, 0.25) is 0 Å². The molecular formula is C18H17N3O2S. The lowest BCUT2D eigenvalue weighted by Crippen LogP contribution is -2.20. The molecule has 0 fully saturated rings. The molecule has 0 saturated heterocycles. The lowest BCUT2D eigenvalue weighted by atomic mass is 10.3. The molecule has 0 atom stereocenters. The standard InChI is InChI=1S/C18H17N3O2S/c1-13-17(19-11-10-15(22)16-9-6-12-24-16)18(23)21(20(13)2)14-7-4-3-5-8-14/h3-12,19H,1-2H3/b11-10+. The van der Waals surface area contributed by atoms with E-state index in [1.807, 2.05) is 55.7 Å². The van der Waals surface area contributed by atoms with E-state index in [0.717, 1.165) is 11.4 Å². The number of nitrogens with zero attached hydrogens (tertiary/aromatic N) is 2. The van der Waals surface area contributed by atoms with Crippen LogP contribution in [0.2, 0.25) is 0 Å². The Labute approximate surface area is 143 Å². The number of nitrogens with one attached hydrogen (secondary N) is 1. The molecule has 0 aliphatic carbocycles. The molecule has 122 valence electrons. The van der Waals surface area contributed by atoms with Gasteiger partial charge >= 0.3 is 0 Å². The summed E-state index contributed by atoms with van der Waals surface area (Å²) < 4.78 is 3.38. The maximum Gasteiger partial charge on any atom is 0.295 e. The first kappa shape index (κ1) is 16.0. The van der Waals surface area contributed by atoms with Crippen LogP contribution in [0.5, 0.6) is 0 Å². The largest absolute Gasteiger partial charge is 0.356 e. The number of hydrogen-bond acceptors (Lipinski definition) is 4. The first-order valence-electron chi connectivity index (χ1n) is 7.44. The summed E-state index contributed by atoms with van der Waals surface area (Å²) in [5.41, 5.74) is 1.88. The van der Waals surface area contributed by atoms with Crippen molar-refractivity contribution in [1.82, 2.24) is 9.36 Å². The summed E-state index contributed by atoms with van der Waals surface area (Å²) in [5, 5.41) is 4.81. The van der Waals surface area contributed by atoms with Crippen LogP contribution in [0.4, 0.5) is 5.69 Å². The molecule has 2 heterocycles.